The number of aromatic nitrogens is 2. The summed E-state index contributed by atoms with van der Waals surface area (Å²) in [6.45, 7) is 4.30. The Morgan fingerprint density at radius 1 is 0.867 bits per heavy atom. The minimum atomic E-state index is -0.770. The molecule has 0 aliphatic carbocycles. The SMILES string of the molecule is Nc1c(Br)cc(C[C@@H](NC(=O)N2CCN(c3cc4ccccc4[nH]c3=O)CC2)C(=O)N2CCN(c3ccncc3)CC2)cc1Br. The van der Waals surface area contributed by atoms with Crippen LogP contribution in [-0.2, 0) is 11.2 Å². The summed E-state index contributed by atoms with van der Waals surface area (Å²) in [4.78, 5) is 55.2. The van der Waals surface area contributed by atoms with Crippen molar-refractivity contribution in [3.8, 4) is 0 Å². The van der Waals surface area contributed by atoms with Crippen molar-refractivity contribution in [1.82, 2.24) is 25.1 Å². The smallest absolute Gasteiger partial charge is 0.318 e. The lowest BCUT2D eigenvalue weighted by atomic mass is 10.0. The Kier molecular flexibility index (Phi) is 9.27. The molecule has 3 amide bonds. The van der Waals surface area contributed by atoms with Crippen LogP contribution in [0.3, 0.4) is 0 Å². The molecule has 6 rings (SSSR count). The average Bonchev–Trinajstić information content (AvgIpc) is 3.06. The first-order valence-electron chi connectivity index (χ1n) is 14.9. The van der Waals surface area contributed by atoms with Crippen LogP contribution in [0, 0.1) is 0 Å². The van der Waals surface area contributed by atoms with E-state index in [1.54, 1.807) is 17.3 Å². The second kappa shape index (κ2) is 13.5. The van der Waals surface area contributed by atoms with Gasteiger partial charge in [-0.3, -0.25) is 14.6 Å². The summed E-state index contributed by atoms with van der Waals surface area (Å²) < 4.78 is 1.44. The second-order valence-electron chi connectivity index (χ2n) is 11.2. The number of nitrogens with zero attached hydrogens (tertiary/aromatic N) is 5. The molecule has 0 radical (unpaired) electrons. The lowest BCUT2D eigenvalue weighted by Crippen LogP contribution is -2.59. The van der Waals surface area contributed by atoms with Crippen molar-refractivity contribution in [3.63, 3.8) is 0 Å². The molecular formula is C32H34Br2N8O3. The number of nitrogens with two attached hydrogens (primary N) is 1. The molecule has 2 aliphatic heterocycles. The summed E-state index contributed by atoms with van der Waals surface area (Å²) in [6, 6.07) is 16.2. The fraction of sp³-hybridized carbons (Fsp3) is 0.312. The van der Waals surface area contributed by atoms with E-state index in [-0.39, 0.29) is 17.5 Å². The quantitative estimate of drug-likeness (QED) is 0.257. The van der Waals surface area contributed by atoms with Crippen molar-refractivity contribution >= 4 is 71.8 Å². The number of carbonyl (C=O) groups excluding carboxylic acids is 2. The number of carbonyl (C=O) groups is 2. The van der Waals surface area contributed by atoms with Crippen molar-refractivity contribution in [2.45, 2.75) is 12.5 Å². The molecule has 13 heteroatoms. The first-order valence-corrected chi connectivity index (χ1v) is 16.4. The normalized spacial score (nSPS) is 16.1. The fourth-order valence-corrected chi connectivity index (χ4v) is 7.19. The molecule has 45 heavy (non-hydrogen) atoms. The number of halogens is 2. The molecule has 4 aromatic rings. The number of piperazine rings is 2. The van der Waals surface area contributed by atoms with Gasteiger partial charge in [-0.15, -0.1) is 0 Å². The molecular weight excluding hydrogens is 704 g/mol. The van der Waals surface area contributed by atoms with Crippen molar-refractivity contribution in [2.75, 3.05) is 67.9 Å². The number of hydrogen-bond acceptors (Lipinski definition) is 7. The van der Waals surface area contributed by atoms with Gasteiger partial charge in [-0.1, -0.05) is 18.2 Å². The van der Waals surface area contributed by atoms with E-state index in [4.69, 9.17) is 5.73 Å². The van der Waals surface area contributed by atoms with Gasteiger partial charge >= 0.3 is 6.03 Å². The van der Waals surface area contributed by atoms with Crippen LogP contribution < -0.4 is 26.4 Å². The van der Waals surface area contributed by atoms with Crippen LogP contribution in [0.25, 0.3) is 10.9 Å². The Morgan fingerprint density at radius 3 is 2.18 bits per heavy atom. The third-order valence-electron chi connectivity index (χ3n) is 8.44. The third-order valence-corrected chi connectivity index (χ3v) is 9.75. The van der Waals surface area contributed by atoms with Gasteiger partial charge in [0.15, 0.2) is 0 Å². The van der Waals surface area contributed by atoms with E-state index in [9.17, 15) is 14.4 Å². The summed E-state index contributed by atoms with van der Waals surface area (Å²) in [5, 5.41) is 4.00. The highest BCUT2D eigenvalue weighted by Gasteiger charge is 2.32. The lowest BCUT2D eigenvalue weighted by Gasteiger charge is -2.39. The van der Waals surface area contributed by atoms with E-state index in [1.807, 2.05) is 64.4 Å². The fourth-order valence-electron chi connectivity index (χ4n) is 5.91. The van der Waals surface area contributed by atoms with E-state index in [0.717, 1.165) is 31.1 Å². The number of aromatic amines is 1. The topological polar surface area (TPSA) is 131 Å². The molecule has 2 saturated heterocycles. The summed E-state index contributed by atoms with van der Waals surface area (Å²) in [5.41, 5.74) is 9.84. The average molecular weight is 738 g/mol. The van der Waals surface area contributed by atoms with E-state index >= 15 is 0 Å². The number of hydrogen-bond donors (Lipinski definition) is 3. The number of anilines is 3. The molecule has 0 unspecified atom stereocenters. The Hall–Kier alpha value is -4.10. The number of para-hydroxylation sites is 1. The minimum Gasteiger partial charge on any atom is -0.397 e. The number of fused-ring (bicyclic) bond motifs is 1. The van der Waals surface area contributed by atoms with Crippen LogP contribution in [0.2, 0.25) is 0 Å². The number of pyridine rings is 2. The number of nitrogen functional groups attached to an aromatic ring is 1. The summed E-state index contributed by atoms with van der Waals surface area (Å²) in [6.07, 6.45) is 3.83. The Morgan fingerprint density at radius 2 is 1.49 bits per heavy atom. The molecule has 2 aliphatic rings. The summed E-state index contributed by atoms with van der Waals surface area (Å²) in [5.74, 6) is -0.122. The van der Waals surface area contributed by atoms with Gasteiger partial charge in [0, 0.05) is 96.7 Å². The molecule has 0 saturated carbocycles. The van der Waals surface area contributed by atoms with E-state index in [2.05, 4.69) is 52.0 Å². The van der Waals surface area contributed by atoms with Crippen LogP contribution in [0.5, 0.6) is 0 Å². The maximum atomic E-state index is 14.0. The van der Waals surface area contributed by atoms with Gasteiger partial charge in [0.1, 0.15) is 11.7 Å². The van der Waals surface area contributed by atoms with Crippen LogP contribution in [0.4, 0.5) is 21.9 Å². The van der Waals surface area contributed by atoms with Gasteiger partial charge in [0.25, 0.3) is 5.56 Å². The zero-order valence-electron chi connectivity index (χ0n) is 24.6. The molecule has 2 aromatic carbocycles. The van der Waals surface area contributed by atoms with Crippen molar-refractivity contribution in [1.29, 1.82) is 0 Å². The molecule has 234 valence electrons. The number of benzene rings is 2. The predicted molar refractivity (Wildman–Crippen MR) is 184 cm³/mol. The molecule has 2 fully saturated rings. The molecule has 11 nitrogen and oxygen atoms in total. The maximum Gasteiger partial charge on any atom is 0.318 e. The lowest BCUT2D eigenvalue weighted by molar-refractivity contribution is -0.133. The highest BCUT2D eigenvalue weighted by atomic mass is 79.9. The standard InChI is InChI=1S/C32H34Br2N8O3/c33-24-17-21(18-25(34)29(24)35)19-27(31(44)41-13-9-39(10-14-41)23-5-7-36-8-6-23)38-32(45)42-15-11-40(12-16-42)28-20-22-3-1-2-4-26(22)37-30(28)43/h1-8,17-18,20,27H,9-16,19,35H2,(H,37,43)(H,38,45)/t27-/m1/s1. The third kappa shape index (κ3) is 6.94. The summed E-state index contributed by atoms with van der Waals surface area (Å²) >= 11 is 7.00. The number of rotatable bonds is 6. The molecule has 0 spiro atoms. The first-order chi connectivity index (χ1) is 21.8. The first kappa shape index (κ1) is 30.9. The minimum absolute atomic E-state index is 0.122. The Balaban J connectivity index is 1.14. The molecule has 4 heterocycles. The van der Waals surface area contributed by atoms with Crippen molar-refractivity contribution in [2.24, 2.45) is 0 Å². The van der Waals surface area contributed by atoms with E-state index in [0.29, 0.717) is 70.2 Å². The van der Waals surface area contributed by atoms with E-state index < -0.39 is 6.04 Å². The number of urea groups is 1. The van der Waals surface area contributed by atoms with Gasteiger partial charge in [-0.25, -0.2) is 4.79 Å². The number of nitrogens with one attached hydrogen (secondary N) is 2. The largest absolute Gasteiger partial charge is 0.397 e. The van der Waals surface area contributed by atoms with Crippen LogP contribution in [0.1, 0.15) is 5.56 Å². The number of H-pyrrole nitrogens is 1. The highest BCUT2D eigenvalue weighted by Crippen LogP contribution is 2.30. The zero-order chi connectivity index (χ0) is 31.5. The van der Waals surface area contributed by atoms with Gasteiger partial charge in [-0.05, 0) is 73.8 Å². The van der Waals surface area contributed by atoms with Crippen LogP contribution in [0.15, 0.2) is 80.7 Å². The Labute approximate surface area is 277 Å². The molecule has 1 atom stereocenters. The maximum absolute atomic E-state index is 14.0. The zero-order valence-corrected chi connectivity index (χ0v) is 27.8. The van der Waals surface area contributed by atoms with Crippen molar-refractivity contribution in [3.05, 3.63) is 91.9 Å². The highest BCUT2D eigenvalue weighted by molar-refractivity contribution is 9.11. The van der Waals surface area contributed by atoms with Gasteiger partial charge in [0.2, 0.25) is 5.91 Å². The van der Waals surface area contributed by atoms with Crippen LogP contribution in [-0.4, -0.2) is 90.1 Å². The Bertz CT molecular complexity index is 1730. The van der Waals surface area contributed by atoms with Crippen molar-refractivity contribution < 1.29 is 9.59 Å². The summed E-state index contributed by atoms with van der Waals surface area (Å²) in [7, 11) is 0. The second-order valence-corrected chi connectivity index (χ2v) is 13.0. The molecule has 4 N–H and O–H groups in total. The van der Waals surface area contributed by atoms with Gasteiger partial charge in [0.05, 0.1) is 5.69 Å². The molecule has 0 bridgehead atoms. The van der Waals surface area contributed by atoms with E-state index in [1.165, 1.54) is 0 Å². The van der Waals surface area contributed by atoms with Crippen LogP contribution >= 0.6 is 31.9 Å². The van der Waals surface area contributed by atoms with Gasteiger partial charge < -0.3 is 35.6 Å². The number of amides is 3. The predicted octanol–water partition coefficient (Wildman–Crippen LogP) is 3.82. The monoisotopic (exact) mass is 736 g/mol. The molecule has 2 aromatic heterocycles. The van der Waals surface area contributed by atoms with Gasteiger partial charge in [-0.2, -0.15) is 0 Å².